The number of hydrazine groups is 1. The highest BCUT2D eigenvalue weighted by Crippen LogP contribution is 2.20. The van der Waals surface area contributed by atoms with E-state index in [0.717, 1.165) is 4.90 Å². The lowest BCUT2D eigenvalue weighted by Crippen LogP contribution is -2.42. The predicted octanol–water partition coefficient (Wildman–Crippen LogP) is 3.56. The maximum Gasteiger partial charge on any atom is 0.305 e. The first kappa shape index (κ1) is 16.9. The Morgan fingerprint density at radius 3 is 2.55 bits per heavy atom. The molecule has 5 nitrogen and oxygen atoms in total. The normalized spacial score (nSPS) is 10.3. The monoisotopic (exact) mass is 402 g/mol. The first-order valence-electron chi connectivity index (χ1n) is 6.19. The Morgan fingerprint density at radius 2 is 1.95 bits per heavy atom. The van der Waals surface area contributed by atoms with Crippen LogP contribution in [0.15, 0.2) is 44.3 Å². The minimum Gasteiger partial charge on any atom is -0.444 e. The number of carbonyl (C=O) groups excluding carboxylic acids is 2. The lowest BCUT2D eigenvalue weighted by atomic mass is 10.3. The Kier molecular flexibility index (Phi) is 5.93. The van der Waals surface area contributed by atoms with Gasteiger partial charge in [0, 0.05) is 15.5 Å². The molecule has 8 heteroatoms. The molecule has 2 aromatic rings. The average molecular weight is 404 g/mol. The van der Waals surface area contributed by atoms with Crippen LogP contribution in [0.2, 0.25) is 5.02 Å². The highest BCUT2D eigenvalue weighted by molar-refractivity contribution is 9.10. The van der Waals surface area contributed by atoms with Gasteiger partial charge in [0.05, 0.1) is 5.75 Å². The van der Waals surface area contributed by atoms with E-state index in [0.29, 0.717) is 15.3 Å². The summed E-state index contributed by atoms with van der Waals surface area (Å²) in [5, 5.41) is 0.640. The van der Waals surface area contributed by atoms with Crippen LogP contribution < -0.4 is 10.9 Å². The summed E-state index contributed by atoms with van der Waals surface area (Å²) in [5.41, 5.74) is 5.32. The summed E-state index contributed by atoms with van der Waals surface area (Å²) >= 11 is 10.3. The molecule has 0 unspecified atom stereocenters. The number of thioether (sulfide) groups is 1. The van der Waals surface area contributed by atoms with E-state index in [1.54, 1.807) is 25.1 Å². The fourth-order valence-corrected chi connectivity index (χ4v) is 2.90. The fraction of sp³-hybridized carbons (Fsp3) is 0.143. The molecule has 2 amide bonds. The average Bonchev–Trinajstić information content (AvgIpc) is 2.83. The number of aryl methyl sites for hydroxylation is 1. The molecular formula is C14H12BrClN2O3S. The molecule has 0 aliphatic carbocycles. The van der Waals surface area contributed by atoms with Crippen LogP contribution in [0.1, 0.15) is 16.1 Å². The number of rotatable bonds is 4. The van der Waals surface area contributed by atoms with E-state index in [1.807, 2.05) is 12.1 Å². The van der Waals surface area contributed by atoms with Gasteiger partial charge in [-0.3, -0.25) is 20.4 Å². The molecule has 2 rings (SSSR count). The van der Waals surface area contributed by atoms with Crippen LogP contribution >= 0.6 is 39.3 Å². The largest absolute Gasteiger partial charge is 0.444 e. The van der Waals surface area contributed by atoms with Crippen molar-refractivity contribution in [2.45, 2.75) is 11.8 Å². The van der Waals surface area contributed by atoms with E-state index in [1.165, 1.54) is 11.8 Å². The Labute approximate surface area is 144 Å². The second kappa shape index (κ2) is 7.71. The molecule has 0 bridgehead atoms. The maximum atomic E-state index is 11.8. The zero-order valence-corrected chi connectivity index (χ0v) is 14.6. The summed E-state index contributed by atoms with van der Waals surface area (Å²) < 4.78 is 5.64. The SMILES string of the molecule is Cc1cc(Br)oc1C(=O)NNC(=O)CSc1ccc(Cl)cc1. The highest BCUT2D eigenvalue weighted by atomic mass is 79.9. The molecule has 2 N–H and O–H groups in total. The van der Waals surface area contributed by atoms with Crippen LogP contribution in [0.25, 0.3) is 0 Å². The van der Waals surface area contributed by atoms with Crippen LogP contribution in [0.5, 0.6) is 0 Å². The van der Waals surface area contributed by atoms with Gasteiger partial charge in [0.2, 0.25) is 5.91 Å². The van der Waals surface area contributed by atoms with Crippen LogP contribution in [0, 0.1) is 6.92 Å². The summed E-state index contributed by atoms with van der Waals surface area (Å²) in [5.74, 6) is -0.509. The quantitative estimate of drug-likeness (QED) is 0.605. The highest BCUT2D eigenvalue weighted by Gasteiger charge is 2.15. The molecule has 1 heterocycles. The van der Waals surface area contributed by atoms with E-state index in [2.05, 4.69) is 26.8 Å². The molecule has 1 aromatic heterocycles. The first-order valence-corrected chi connectivity index (χ1v) is 8.35. The molecule has 0 fully saturated rings. The first-order chi connectivity index (χ1) is 10.5. The van der Waals surface area contributed by atoms with Crippen molar-refractivity contribution in [2.75, 3.05) is 5.75 Å². The number of halogens is 2. The number of nitrogens with one attached hydrogen (secondary N) is 2. The molecule has 22 heavy (non-hydrogen) atoms. The van der Waals surface area contributed by atoms with Gasteiger partial charge >= 0.3 is 5.91 Å². The maximum absolute atomic E-state index is 11.8. The Morgan fingerprint density at radius 1 is 1.27 bits per heavy atom. The van der Waals surface area contributed by atoms with Gasteiger partial charge in [0.1, 0.15) is 0 Å². The molecule has 0 aliphatic heterocycles. The number of benzene rings is 1. The summed E-state index contributed by atoms with van der Waals surface area (Å²) in [6, 6.07) is 8.82. The Bertz CT molecular complexity index is 688. The number of hydrogen-bond acceptors (Lipinski definition) is 4. The third-order valence-electron chi connectivity index (χ3n) is 2.59. The van der Waals surface area contributed by atoms with Crippen molar-refractivity contribution in [3.63, 3.8) is 0 Å². The van der Waals surface area contributed by atoms with Crippen molar-refractivity contribution in [1.82, 2.24) is 10.9 Å². The molecule has 1 aromatic carbocycles. The lowest BCUT2D eigenvalue weighted by Gasteiger charge is -2.06. The molecule has 0 aliphatic rings. The fourth-order valence-electron chi connectivity index (χ4n) is 1.57. The van der Waals surface area contributed by atoms with E-state index < -0.39 is 5.91 Å². The molecule has 0 spiro atoms. The summed E-state index contributed by atoms with van der Waals surface area (Å²) in [6.07, 6.45) is 0. The van der Waals surface area contributed by atoms with Gasteiger partial charge in [0.15, 0.2) is 10.4 Å². The number of hydrogen-bond donors (Lipinski definition) is 2. The van der Waals surface area contributed by atoms with Crippen molar-refractivity contribution in [3.05, 3.63) is 51.3 Å². The van der Waals surface area contributed by atoms with Gasteiger partial charge in [-0.2, -0.15) is 0 Å². The topological polar surface area (TPSA) is 71.3 Å². The smallest absolute Gasteiger partial charge is 0.305 e. The number of carbonyl (C=O) groups is 2. The molecule has 0 saturated heterocycles. The molecule has 0 atom stereocenters. The molecular weight excluding hydrogens is 392 g/mol. The van der Waals surface area contributed by atoms with E-state index in [4.69, 9.17) is 16.0 Å². The van der Waals surface area contributed by atoms with Crippen LogP contribution in [-0.4, -0.2) is 17.6 Å². The predicted molar refractivity (Wildman–Crippen MR) is 88.9 cm³/mol. The van der Waals surface area contributed by atoms with Gasteiger partial charge in [-0.25, -0.2) is 0 Å². The van der Waals surface area contributed by atoms with Crippen molar-refractivity contribution in [1.29, 1.82) is 0 Å². The zero-order valence-electron chi connectivity index (χ0n) is 11.5. The lowest BCUT2D eigenvalue weighted by molar-refractivity contribution is -0.119. The van der Waals surface area contributed by atoms with Crippen LogP contribution in [-0.2, 0) is 4.79 Å². The number of furan rings is 1. The minimum atomic E-state index is -0.506. The van der Waals surface area contributed by atoms with Crippen molar-refractivity contribution in [3.8, 4) is 0 Å². The molecule has 0 radical (unpaired) electrons. The summed E-state index contributed by atoms with van der Waals surface area (Å²) in [4.78, 5) is 24.4. The zero-order chi connectivity index (χ0) is 16.1. The van der Waals surface area contributed by atoms with Crippen molar-refractivity contribution < 1.29 is 14.0 Å². The van der Waals surface area contributed by atoms with Gasteiger partial charge in [-0.05, 0) is 53.2 Å². The third kappa shape index (κ3) is 4.79. The minimum absolute atomic E-state index is 0.150. The van der Waals surface area contributed by atoms with E-state index in [9.17, 15) is 9.59 Å². The van der Waals surface area contributed by atoms with Crippen molar-refractivity contribution in [2.24, 2.45) is 0 Å². The van der Waals surface area contributed by atoms with Gasteiger partial charge in [-0.15, -0.1) is 11.8 Å². The van der Waals surface area contributed by atoms with E-state index >= 15 is 0 Å². The van der Waals surface area contributed by atoms with Gasteiger partial charge < -0.3 is 4.42 Å². The van der Waals surface area contributed by atoms with E-state index in [-0.39, 0.29) is 17.4 Å². The van der Waals surface area contributed by atoms with Gasteiger partial charge in [0.25, 0.3) is 0 Å². The molecule has 116 valence electrons. The second-order valence-corrected chi connectivity index (χ2v) is 6.57. The Balaban J connectivity index is 1.79. The third-order valence-corrected chi connectivity index (χ3v) is 4.25. The summed E-state index contributed by atoms with van der Waals surface area (Å²) in [6.45, 7) is 1.74. The van der Waals surface area contributed by atoms with Crippen molar-refractivity contribution >= 4 is 51.1 Å². The van der Waals surface area contributed by atoms with Crippen LogP contribution in [0.3, 0.4) is 0 Å². The molecule has 0 saturated carbocycles. The van der Waals surface area contributed by atoms with Gasteiger partial charge in [-0.1, -0.05) is 11.6 Å². The van der Waals surface area contributed by atoms with Crippen LogP contribution in [0.4, 0.5) is 0 Å². The Hall–Kier alpha value is -1.44. The summed E-state index contributed by atoms with van der Waals surface area (Å²) in [7, 11) is 0. The second-order valence-electron chi connectivity index (χ2n) is 4.31. The standard InChI is InChI=1S/C14H12BrClN2O3S/c1-8-6-11(15)21-13(8)14(20)18-17-12(19)7-22-10-4-2-9(16)3-5-10/h2-6H,7H2,1H3,(H,17,19)(H,18,20). The number of amides is 2.